The summed E-state index contributed by atoms with van der Waals surface area (Å²) in [5, 5.41) is 2.94. The molecule has 0 aromatic heterocycles. The molecular formula is C16H26N2O. The summed E-state index contributed by atoms with van der Waals surface area (Å²) in [6.07, 6.45) is 2.47. The molecular weight excluding hydrogens is 236 g/mol. The van der Waals surface area contributed by atoms with Gasteiger partial charge in [-0.1, -0.05) is 31.5 Å². The number of carbonyl (C=O) groups excluding carboxylic acids is 1. The number of anilines is 1. The summed E-state index contributed by atoms with van der Waals surface area (Å²) in [5.74, 6) is 1.20. The average molecular weight is 262 g/mol. The summed E-state index contributed by atoms with van der Waals surface area (Å²) in [7, 11) is 0. The predicted molar refractivity (Wildman–Crippen MR) is 81.0 cm³/mol. The lowest BCUT2D eigenvalue weighted by molar-refractivity contribution is -0.116. The zero-order chi connectivity index (χ0) is 14.3. The second kappa shape index (κ2) is 7.95. The molecule has 3 heteroatoms. The van der Waals surface area contributed by atoms with Crippen LogP contribution < -0.4 is 11.1 Å². The fourth-order valence-electron chi connectivity index (χ4n) is 2.20. The number of benzene rings is 1. The van der Waals surface area contributed by atoms with Crippen molar-refractivity contribution in [2.45, 2.75) is 40.0 Å². The molecule has 0 aliphatic carbocycles. The molecule has 3 nitrogen and oxygen atoms in total. The van der Waals surface area contributed by atoms with E-state index in [1.165, 1.54) is 5.56 Å². The lowest BCUT2D eigenvalue weighted by Gasteiger charge is -2.19. The molecule has 0 saturated carbocycles. The standard InChI is InChI=1S/C16H26N2O/c1-12(2)14(10-11-17)6-9-16(19)18-15-7-4-13(3)5-8-15/h4-5,7-8,12,14H,6,9-11,17H2,1-3H3,(H,18,19). The van der Waals surface area contributed by atoms with Crippen molar-refractivity contribution in [3.63, 3.8) is 0 Å². The molecule has 0 heterocycles. The Morgan fingerprint density at radius 1 is 1.21 bits per heavy atom. The van der Waals surface area contributed by atoms with Crippen LogP contribution in [0, 0.1) is 18.8 Å². The van der Waals surface area contributed by atoms with Crippen molar-refractivity contribution in [1.29, 1.82) is 0 Å². The van der Waals surface area contributed by atoms with Gasteiger partial charge in [0, 0.05) is 12.1 Å². The Balaban J connectivity index is 2.40. The first-order valence-electron chi connectivity index (χ1n) is 7.09. The van der Waals surface area contributed by atoms with Crippen LogP contribution in [-0.4, -0.2) is 12.5 Å². The molecule has 0 fully saturated rings. The zero-order valence-corrected chi connectivity index (χ0v) is 12.3. The summed E-state index contributed by atoms with van der Waals surface area (Å²) < 4.78 is 0. The van der Waals surface area contributed by atoms with Crippen LogP contribution in [0.15, 0.2) is 24.3 Å². The van der Waals surface area contributed by atoms with Crippen LogP contribution in [0.3, 0.4) is 0 Å². The van der Waals surface area contributed by atoms with Crippen molar-refractivity contribution in [3.8, 4) is 0 Å². The van der Waals surface area contributed by atoms with Crippen LogP contribution in [0.2, 0.25) is 0 Å². The average Bonchev–Trinajstić information content (AvgIpc) is 2.37. The Hall–Kier alpha value is -1.35. The van der Waals surface area contributed by atoms with Gasteiger partial charge in [0.25, 0.3) is 0 Å². The first-order chi connectivity index (χ1) is 9.02. The zero-order valence-electron chi connectivity index (χ0n) is 12.3. The molecule has 1 aromatic rings. The summed E-state index contributed by atoms with van der Waals surface area (Å²) >= 11 is 0. The molecule has 1 amide bonds. The maximum Gasteiger partial charge on any atom is 0.224 e. The van der Waals surface area contributed by atoms with Crippen LogP contribution in [0.25, 0.3) is 0 Å². The molecule has 106 valence electrons. The predicted octanol–water partition coefficient (Wildman–Crippen LogP) is 3.33. The molecule has 19 heavy (non-hydrogen) atoms. The van der Waals surface area contributed by atoms with E-state index in [1.54, 1.807) is 0 Å². The highest BCUT2D eigenvalue weighted by Crippen LogP contribution is 2.20. The van der Waals surface area contributed by atoms with Gasteiger partial charge in [0.15, 0.2) is 0 Å². The van der Waals surface area contributed by atoms with Crippen LogP contribution in [-0.2, 0) is 4.79 Å². The van der Waals surface area contributed by atoms with Gasteiger partial charge in [0.1, 0.15) is 0 Å². The van der Waals surface area contributed by atoms with Gasteiger partial charge >= 0.3 is 0 Å². The monoisotopic (exact) mass is 262 g/mol. The van der Waals surface area contributed by atoms with Crippen molar-refractivity contribution < 1.29 is 4.79 Å². The summed E-state index contributed by atoms with van der Waals surface area (Å²) in [6, 6.07) is 7.88. The van der Waals surface area contributed by atoms with Crippen molar-refractivity contribution in [2.75, 3.05) is 11.9 Å². The molecule has 0 aliphatic rings. The Bertz CT molecular complexity index is 384. The van der Waals surface area contributed by atoms with Crippen LogP contribution in [0.1, 0.15) is 38.7 Å². The molecule has 0 aliphatic heterocycles. The largest absolute Gasteiger partial charge is 0.330 e. The summed E-state index contributed by atoms with van der Waals surface area (Å²) in [6.45, 7) is 7.12. The minimum absolute atomic E-state index is 0.0894. The molecule has 1 unspecified atom stereocenters. The molecule has 0 saturated heterocycles. The van der Waals surface area contributed by atoms with E-state index >= 15 is 0 Å². The molecule has 3 N–H and O–H groups in total. The molecule has 0 radical (unpaired) electrons. The number of hydrogen-bond acceptors (Lipinski definition) is 2. The van der Waals surface area contributed by atoms with Crippen molar-refractivity contribution in [2.24, 2.45) is 17.6 Å². The van der Waals surface area contributed by atoms with E-state index < -0.39 is 0 Å². The lowest BCUT2D eigenvalue weighted by Crippen LogP contribution is -2.18. The summed E-state index contributed by atoms with van der Waals surface area (Å²) in [4.78, 5) is 11.9. The third kappa shape index (κ3) is 5.88. The van der Waals surface area contributed by atoms with E-state index in [4.69, 9.17) is 5.73 Å². The molecule has 1 rings (SSSR count). The number of carbonyl (C=O) groups is 1. The fraction of sp³-hybridized carbons (Fsp3) is 0.562. The van der Waals surface area contributed by atoms with Gasteiger partial charge in [-0.25, -0.2) is 0 Å². The van der Waals surface area contributed by atoms with Gasteiger partial charge in [-0.2, -0.15) is 0 Å². The van der Waals surface area contributed by atoms with Crippen LogP contribution in [0.5, 0.6) is 0 Å². The Morgan fingerprint density at radius 3 is 2.37 bits per heavy atom. The quantitative estimate of drug-likeness (QED) is 0.792. The van der Waals surface area contributed by atoms with E-state index in [9.17, 15) is 4.79 Å². The highest BCUT2D eigenvalue weighted by atomic mass is 16.1. The van der Waals surface area contributed by atoms with Crippen molar-refractivity contribution in [3.05, 3.63) is 29.8 Å². The maximum absolute atomic E-state index is 11.9. The third-order valence-electron chi connectivity index (χ3n) is 3.56. The van der Waals surface area contributed by atoms with Gasteiger partial charge in [-0.3, -0.25) is 4.79 Å². The molecule has 1 aromatic carbocycles. The molecule has 1 atom stereocenters. The first kappa shape index (κ1) is 15.7. The Morgan fingerprint density at radius 2 is 1.84 bits per heavy atom. The number of nitrogens with one attached hydrogen (secondary N) is 1. The number of rotatable bonds is 7. The Labute approximate surface area is 116 Å². The minimum atomic E-state index is 0.0894. The minimum Gasteiger partial charge on any atom is -0.330 e. The van der Waals surface area contributed by atoms with E-state index in [2.05, 4.69) is 19.2 Å². The maximum atomic E-state index is 11.9. The van der Waals surface area contributed by atoms with Gasteiger partial charge < -0.3 is 11.1 Å². The highest BCUT2D eigenvalue weighted by Gasteiger charge is 2.14. The number of amides is 1. The fourth-order valence-corrected chi connectivity index (χ4v) is 2.20. The number of hydrogen-bond donors (Lipinski definition) is 2. The Kier molecular flexibility index (Phi) is 6.57. The van der Waals surface area contributed by atoms with E-state index in [-0.39, 0.29) is 5.91 Å². The van der Waals surface area contributed by atoms with Gasteiger partial charge in [-0.05, 0) is 50.3 Å². The first-order valence-corrected chi connectivity index (χ1v) is 7.09. The highest BCUT2D eigenvalue weighted by molar-refractivity contribution is 5.90. The second-order valence-electron chi connectivity index (χ2n) is 5.53. The number of nitrogens with two attached hydrogens (primary N) is 1. The van der Waals surface area contributed by atoms with E-state index in [1.807, 2.05) is 31.2 Å². The summed E-state index contributed by atoms with van der Waals surface area (Å²) in [5.41, 5.74) is 7.68. The van der Waals surface area contributed by atoms with Gasteiger partial charge in [0.2, 0.25) is 5.91 Å². The smallest absolute Gasteiger partial charge is 0.224 e. The van der Waals surface area contributed by atoms with Crippen molar-refractivity contribution in [1.82, 2.24) is 0 Å². The normalized spacial score (nSPS) is 12.5. The number of aryl methyl sites for hydroxylation is 1. The van der Waals surface area contributed by atoms with Crippen LogP contribution in [0.4, 0.5) is 5.69 Å². The van der Waals surface area contributed by atoms with E-state index in [0.717, 1.165) is 18.5 Å². The third-order valence-corrected chi connectivity index (χ3v) is 3.56. The van der Waals surface area contributed by atoms with Crippen LogP contribution >= 0.6 is 0 Å². The van der Waals surface area contributed by atoms with Gasteiger partial charge in [0.05, 0.1) is 0 Å². The second-order valence-corrected chi connectivity index (χ2v) is 5.53. The SMILES string of the molecule is Cc1ccc(NC(=O)CCC(CCN)C(C)C)cc1. The topological polar surface area (TPSA) is 55.1 Å². The lowest BCUT2D eigenvalue weighted by atomic mass is 9.88. The molecule has 0 spiro atoms. The molecule has 0 bridgehead atoms. The van der Waals surface area contributed by atoms with Gasteiger partial charge in [-0.15, -0.1) is 0 Å². The van der Waals surface area contributed by atoms with E-state index in [0.29, 0.717) is 24.8 Å². The van der Waals surface area contributed by atoms with Crippen molar-refractivity contribution >= 4 is 11.6 Å².